The van der Waals surface area contributed by atoms with Gasteiger partial charge in [-0.3, -0.25) is 9.59 Å². The van der Waals surface area contributed by atoms with Crippen molar-refractivity contribution >= 4 is 17.5 Å². The predicted octanol–water partition coefficient (Wildman–Crippen LogP) is 0.109. The minimum atomic E-state index is -0.206. The summed E-state index contributed by atoms with van der Waals surface area (Å²) in [4.78, 5) is 23.3. The molecule has 0 radical (unpaired) electrons. The molecule has 0 spiro atoms. The molecule has 6 heteroatoms. The number of rotatable bonds is 2. The van der Waals surface area contributed by atoms with E-state index in [1.165, 1.54) is 0 Å². The fraction of sp³-hybridized carbons (Fsp3) is 0.385. The zero-order chi connectivity index (χ0) is 13.2. The Morgan fingerprint density at radius 1 is 1.37 bits per heavy atom. The Labute approximate surface area is 110 Å². The molecule has 6 nitrogen and oxygen atoms in total. The first-order valence-electron chi connectivity index (χ1n) is 6.31. The highest BCUT2D eigenvalue weighted by Gasteiger charge is 2.25. The number of carbonyl (C=O) groups excluding carboxylic acids is 2. The van der Waals surface area contributed by atoms with Crippen molar-refractivity contribution in [2.45, 2.75) is 12.5 Å². The number of hydrogen-bond acceptors (Lipinski definition) is 4. The zero-order valence-electron chi connectivity index (χ0n) is 10.4. The first-order chi connectivity index (χ1) is 9.24. The number of amides is 2. The van der Waals surface area contributed by atoms with Crippen LogP contribution in [-0.2, 0) is 4.79 Å². The van der Waals surface area contributed by atoms with Crippen LogP contribution in [0.1, 0.15) is 16.8 Å². The molecule has 1 atom stereocenters. The standard InChI is InChI=1S/C13H15N3O3/c17-11-6-8(7-15-11)16-13(18)9-2-1-3-10-12(9)19-5-4-14-10/h1-3,8,14H,4-7H2,(H,15,17)(H,16,18). The summed E-state index contributed by atoms with van der Waals surface area (Å²) in [6.45, 7) is 1.76. The second-order valence-electron chi connectivity index (χ2n) is 4.64. The maximum Gasteiger partial charge on any atom is 0.255 e. The largest absolute Gasteiger partial charge is 0.489 e. The quantitative estimate of drug-likeness (QED) is 0.706. The average Bonchev–Trinajstić information content (AvgIpc) is 2.83. The molecule has 1 saturated heterocycles. The van der Waals surface area contributed by atoms with Crippen LogP contribution in [0.3, 0.4) is 0 Å². The Morgan fingerprint density at radius 2 is 2.26 bits per heavy atom. The highest BCUT2D eigenvalue weighted by Crippen LogP contribution is 2.31. The Morgan fingerprint density at radius 3 is 3.05 bits per heavy atom. The fourth-order valence-corrected chi connectivity index (χ4v) is 2.32. The number of benzene rings is 1. The lowest BCUT2D eigenvalue weighted by Gasteiger charge is -2.22. The van der Waals surface area contributed by atoms with E-state index < -0.39 is 0 Å². The molecular weight excluding hydrogens is 246 g/mol. The lowest BCUT2D eigenvalue weighted by molar-refractivity contribution is -0.119. The van der Waals surface area contributed by atoms with Crippen LogP contribution in [0, 0.1) is 0 Å². The highest BCUT2D eigenvalue weighted by atomic mass is 16.5. The maximum atomic E-state index is 12.2. The molecule has 2 aliphatic heterocycles. The van der Waals surface area contributed by atoms with Gasteiger partial charge in [-0.05, 0) is 12.1 Å². The normalized spacial score (nSPS) is 20.8. The second-order valence-corrected chi connectivity index (χ2v) is 4.64. The Hall–Kier alpha value is -2.24. The Bertz CT molecular complexity index is 530. The molecule has 1 unspecified atom stereocenters. The lowest BCUT2D eigenvalue weighted by Crippen LogP contribution is -2.36. The van der Waals surface area contributed by atoms with Gasteiger partial charge in [-0.1, -0.05) is 6.07 Å². The van der Waals surface area contributed by atoms with Gasteiger partial charge in [0.1, 0.15) is 6.61 Å². The number of ether oxygens (including phenoxy) is 1. The Balaban J connectivity index is 1.78. The van der Waals surface area contributed by atoms with Gasteiger partial charge in [-0.25, -0.2) is 0 Å². The molecule has 2 amide bonds. The van der Waals surface area contributed by atoms with Gasteiger partial charge in [0.2, 0.25) is 5.91 Å². The lowest BCUT2D eigenvalue weighted by atomic mass is 10.1. The van der Waals surface area contributed by atoms with Crippen molar-refractivity contribution in [3.05, 3.63) is 23.8 Å². The average molecular weight is 261 g/mol. The maximum absolute atomic E-state index is 12.2. The molecule has 3 rings (SSSR count). The van der Waals surface area contributed by atoms with Crippen LogP contribution in [0.25, 0.3) is 0 Å². The van der Waals surface area contributed by atoms with E-state index in [2.05, 4.69) is 16.0 Å². The summed E-state index contributed by atoms with van der Waals surface area (Å²) >= 11 is 0. The van der Waals surface area contributed by atoms with Crippen molar-refractivity contribution in [1.29, 1.82) is 0 Å². The van der Waals surface area contributed by atoms with Crippen molar-refractivity contribution in [1.82, 2.24) is 10.6 Å². The van der Waals surface area contributed by atoms with E-state index in [1.54, 1.807) is 6.07 Å². The van der Waals surface area contributed by atoms with Gasteiger partial charge < -0.3 is 20.7 Å². The molecule has 0 saturated carbocycles. The van der Waals surface area contributed by atoms with E-state index in [-0.39, 0.29) is 17.9 Å². The van der Waals surface area contributed by atoms with Crippen molar-refractivity contribution in [3.63, 3.8) is 0 Å². The van der Waals surface area contributed by atoms with Crippen LogP contribution in [0.2, 0.25) is 0 Å². The third-order valence-corrected chi connectivity index (χ3v) is 3.24. The Kier molecular flexibility index (Phi) is 2.98. The SMILES string of the molecule is O=C1CC(NC(=O)c2cccc3c2OCCN3)CN1. The molecule has 0 bridgehead atoms. The number of carbonyl (C=O) groups is 2. The van der Waals surface area contributed by atoms with Crippen LogP contribution in [0.4, 0.5) is 5.69 Å². The molecule has 0 aliphatic carbocycles. The van der Waals surface area contributed by atoms with Crippen LogP contribution in [0.5, 0.6) is 5.75 Å². The van der Waals surface area contributed by atoms with Crippen LogP contribution < -0.4 is 20.7 Å². The molecule has 19 heavy (non-hydrogen) atoms. The number of nitrogens with one attached hydrogen (secondary N) is 3. The molecule has 100 valence electrons. The molecule has 1 aromatic rings. The molecular formula is C13H15N3O3. The van der Waals surface area contributed by atoms with E-state index in [1.807, 2.05) is 12.1 Å². The smallest absolute Gasteiger partial charge is 0.255 e. The van der Waals surface area contributed by atoms with Crippen molar-refractivity contribution in [2.75, 3.05) is 25.0 Å². The number of fused-ring (bicyclic) bond motifs is 1. The van der Waals surface area contributed by atoms with Gasteiger partial charge >= 0.3 is 0 Å². The zero-order valence-corrected chi connectivity index (χ0v) is 10.4. The topological polar surface area (TPSA) is 79.5 Å². The number of anilines is 1. The third kappa shape index (κ3) is 2.33. The summed E-state index contributed by atoms with van der Waals surface area (Å²) < 4.78 is 5.56. The van der Waals surface area contributed by atoms with E-state index >= 15 is 0 Å². The minimum Gasteiger partial charge on any atom is -0.489 e. The van der Waals surface area contributed by atoms with Gasteiger partial charge in [0.05, 0.1) is 17.3 Å². The summed E-state index contributed by atoms with van der Waals surface area (Å²) in [6, 6.07) is 5.28. The summed E-state index contributed by atoms with van der Waals surface area (Å²) in [5.41, 5.74) is 1.34. The third-order valence-electron chi connectivity index (χ3n) is 3.24. The van der Waals surface area contributed by atoms with Gasteiger partial charge in [-0.2, -0.15) is 0 Å². The summed E-state index contributed by atoms with van der Waals surface area (Å²) in [5, 5.41) is 8.72. The molecule has 2 aliphatic rings. The van der Waals surface area contributed by atoms with Crippen molar-refractivity contribution < 1.29 is 14.3 Å². The fourth-order valence-electron chi connectivity index (χ4n) is 2.32. The second kappa shape index (κ2) is 4.79. The summed E-state index contributed by atoms with van der Waals surface area (Å²) in [6.07, 6.45) is 0.333. The van der Waals surface area contributed by atoms with Crippen LogP contribution in [0.15, 0.2) is 18.2 Å². The number of para-hydroxylation sites is 1. The molecule has 1 fully saturated rings. The van der Waals surface area contributed by atoms with Gasteiger partial charge in [-0.15, -0.1) is 0 Å². The van der Waals surface area contributed by atoms with Crippen molar-refractivity contribution in [2.24, 2.45) is 0 Å². The van der Waals surface area contributed by atoms with E-state index in [4.69, 9.17) is 4.74 Å². The monoisotopic (exact) mass is 261 g/mol. The highest BCUT2D eigenvalue weighted by molar-refractivity contribution is 5.99. The van der Waals surface area contributed by atoms with Crippen LogP contribution >= 0.6 is 0 Å². The summed E-state index contributed by atoms with van der Waals surface area (Å²) in [7, 11) is 0. The molecule has 0 aromatic heterocycles. The molecule has 3 N–H and O–H groups in total. The molecule has 1 aromatic carbocycles. The van der Waals surface area contributed by atoms with Crippen molar-refractivity contribution in [3.8, 4) is 5.75 Å². The van der Waals surface area contributed by atoms with E-state index in [9.17, 15) is 9.59 Å². The van der Waals surface area contributed by atoms with E-state index in [0.29, 0.717) is 30.9 Å². The minimum absolute atomic E-state index is 0.0293. The van der Waals surface area contributed by atoms with Gasteiger partial charge in [0, 0.05) is 19.5 Å². The first-order valence-corrected chi connectivity index (χ1v) is 6.31. The van der Waals surface area contributed by atoms with Gasteiger partial charge in [0.25, 0.3) is 5.91 Å². The first kappa shape index (κ1) is 11.8. The molecule has 2 heterocycles. The summed E-state index contributed by atoms with van der Waals surface area (Å²) in [5.74, 6) is 0.351. The van der Waals surface area contributed by atoms with Gasteiger partial charge in [0.15, 0.2) is 5.75 Å². The van der Waals surface area contributed by atoms with Crippen LogP contribution in [-0.4, -0.2) is 37.6 Å². The van der Waals surface area contributed by atoms with E-state index in [0.717, 1.165) is 12.2 Å². The predicted molar refractivity (Wildman–Crippen MR) is 69.3 cm³/mol. The number of hydrogen-bond donors (Lipinski definition) is 3.